The molecule has 2 aromatic heterocycles. The van der Waals surface area contributed by atoms with Crippen molar-refractivity contribution in [2.24, 2.45) is 5.92 Å². The molecule has 2 aromatic rings. The van der Waals surface area contributed by atoms with Crippen molar-refractivity contribution in [2.75, 3.05) is 6.54 Å². The molecule has 0 bridgehead atoms. The van der Waals surface area contributed by atoms with Gasteiger partial charge < -0.3 is 14.4 Å². The fraction of sp³-hybridized carbons (Fsp3) is 0.611. The Bertz CT molecular complexity index is 784. The summed E-state index contributed by atoms with van der Waals surface area (Å²) < 4.78 is 5.65. The van der Waals surface area contributed by atoms with Crippen LogP contribution in [0.4, 0.5) is 0 Å². The van der Waals surface area contributed by atoms with E-state index in [1.807, 2.05) is 13.0 Å². The highest BCUT2D eigenvalue weighted by Crippen LogP contribution is 2.37. The third-order valence-electron chi connectivity index (χ3n) is 5.15. The van der Waals surface area contributed by atoms with Crippen LogP contribution in [0.1, 0.15) is 64.6 Å². The van der Waals surface area contributed by atoms with Crippen molar-refractivity contribution in [1.82, 2.24) is 15.1 Å². The van der Waals surface area contributed by atoms with Crippen LogP contribution in [0, 0.1) is 5.92 Å². The molecule has 134 valence electrons. The predicted molar refractivity (Wildman–Crippen MR) is 93.6 cm³/mol. The lowest BCUT2D eigenvalue weighted by atomic mass is 9.90. The van der Waals surface area contributed by atoms with Gasteiger partial charge in [-0.3, -0.25) is 4.79 Å². The number of likely N-dealkylation sites (tertiary alicyclic amines) is 1. The van der Waals surface area contributed by atoms with Crippen LogP contribution >= 0.6 is 11.3 Å². The monoisotopic (exact) mass is 361 g/mol. The van der Waals surface area contributed by atoms with E-state index >= 15 is 0 Å². The summed E-state index contributed by atoms with van der Waals surface area (Å²) in [6, 6.07) is 1.71. The summed E-state index contributed by atoms with van der Waals surface area (Å²) in [5, 5.41) is 18.2. The number of carbonyl (C=O) groups is 1. The van der Waals surface area contributed by atoms with E-state index in [9.17, 15) is 9.90 Å². The maximum absolute atomic E-state index is 13.1. The molecule has 25 heavy (non-hydrogen) atoms. The minimum Gasteiger partial charge on any atom is -0.423 e. The van der Waals surface area contributed by atoms with Crippen LogP contribution in [-0.2, 0) is 19.3 Å². The third-order valence-corrected chi connectivity index (χ3v) is 6.37. The third kappa shape index (κ3) is 3.11. The highest BCUT2D eigenvalue weighted by atomic mass is 32.1. The molecule has 3 heterocycles. The number of aliphatic hydroxyl groups is 1. The number of nitrogens with zero attached hydrogens (tertiary/aromatic N) is 3. The van der Waals surface area contributed by atoms with Crippen LogP contribution in [0.5, 0.6) is 0 Å². The fourth-order valence-corrected chi connectivity index (χ4v) is 4.93. The molecular weight excluding hydrogens is 338 g/mol. The molecule has 4 rings (SSSR count). The molecule has 1 amide bonds. The summed E-state index contributed by atoms with van der Waals surface area (Å²) >= 11 is 1.60. The SMILES string of the molecule is CCc1nnc([C@H]2C[C@@H](O)CN2C(=O)c2cc3c(s2)CCC(C)C3)o1. The average Bonchev–Trinajstić information content (AvgIpc) is 3.30. The normalized spacial score (nSPS) is 26.0. The largest absolute Gasteiger partial charge is 0.423 e. The molecule has 0 saturated carbocycles. The Morgan fingerprint density at radius 2 is 2.32 bits per heavy atom. The first-order valence-electron chi connectivity index (χ1n) is 8.98. The highest BCUT2D eigenvalue weighted by Gasteiger charge is 2.39. The lowest BCUT2D eigenvalue weighted by Crippen LogP contribution is -2.31. The number of aryl methyl sites for hydroxylation is 2. The lowest BCUT2D eigenvalue weighted by Gasteiger charge is -2.20. The lowest BCUT2D eigenvalue weighted by molar-refractivity contribution is 0.0702. The first kappa shape index (κ1) is 16.7. The molecule has 0 spiro atoms. The fourth-order valence-electron chi connectivity index (χ4n) is 3.77. The van der Waals surface area contributed by atoms with Crippen molar-refractivity contribution in [3.63, 3.8) is 0 Å². The molecule has 3 atom stereocenters. The van der Waals surface area contributed by atoms with Crippen LogP contribution in [0.25, 0.3) is 0 Å². The van der Waals surface area contributed by atoms with Gasteiger partial charge in [-0.2, -0.15) is 0 Å². The molecular formula is C18H23N3O3S. The van der Waals surface area contributed by atoms with Gasteiger partial charge in [-0.1, -0.05) is 13.8 Å². The summed E-state index contributed by atoms with van der Waals surface area (Å²) in [4.78, 5) is 16.9. The molecule has 7 heteroatoms. The molecule has 2 aliphatic rings. The van der Waals surface area contributed by atoms with Gasteiger partial charge >= 0.3 is 0 Å². The van der Waals surface area contributed by atoms with Crippen molar-refractivity contribution < 1.29 is 14.3 Å². The number of β-amino-alcohol motifs (C(OH)–C–C–N with tert-alkyl or cyclic N) is 1. The molecule has 0 aromatic carbocycles. The number of thiophene rings is 1. The topological polar surface area (TPSA) is 79.5 Å². The molecule has 1 aliphatic heterocycles. The number of carbonyl (C=O) groups excluding carboxylic acids is 1. The minimum atomic E-state index is -0.555. The van der Waals surface area contributed by atoms with Crippen LogP contribution in [-0.4, -0.2) is 38.8 Å². The van der Waals surface area contributed by atoms with Crippen LogP contribution < -0.4 is 0 Å². The number of aromatic nitrogens is 2. The van der Waals surface area contributed by atoms with Gasteiger partial charge in [0.05, 0.1) is 11.0 Å². The standard InChI is InChI=1S/C18H23N3O3S/c1-3-16-19-20-17(24-16)13-8-12(22)9-21(13)18(23)15-7-11-6-10(2)4-5-14(11)25-15/h7,10,12-13,22H,3-6,8-9H2,1-2H3/t10?,12-,13-/m1/s1. The van der Waals surface area contributed by atoms with E-state index in [1.165, 1.54) is 16.9 Å². The number of aliphatic hydroxyl groups excluding tert-OH is 1. The second-order valence-electron chi connectivity index (χ2n) is 7.16. The Hall–Kier alpha value is -1.73. The van der Waals surface area contributed by atoms with Gasteiger partial charge in [0.2, 0.25) is 11.8 Å². The smallest absolute Gasteiger partial charge is 0.264 e. The van der Waals surface area contributed by atoms with E-state index in [4.69, 9.17) is 4.42 Å². The summed E-state index contributed by atoms with van der Waals surface area (Å²) in [6.45, 7) is 4.52. The molecule has 1 N–H and O–H groups in total. The van der Waals surface area contributed by atoms with Gasteiger partial charge in [-0.05, 0) is 36.8 Å². The Labute approximate surface area is 150 Å². The Kier molecular flexibility index (Phi) is 4.37. The Morgan fingerprint density at radius 3 is 3.08 bits per heavy atom. The van der Waals surface area contributed by atoms with Crippen molar-refractivity contribution >= 4 is 17.2 Å². The predicted octanol–water partition coefficient (Wildman–Crippen LogP) is 2.77. The second kappa shape index (κ2) is 6.53. The quantitative estimate of drug-likeness (QED) is 0.909. The molecule has 1 saturated heterocycles. The van der Waals surface area contributed by atoms with Gasteiger partial charge in [0, 0.05) is 24.3 Å². The summed E-state index contributed by atoms with van der Waals surface area (Å²) in [5.41, 5.74) is 1.31. The maximum Gasteiger partial charge on any atom is 0.264 e. The van der Waals surface area contributed by atoms with Crippen molar-refractivity contribution in [1.29, 1.82) is 0 Å². The van der Waals surface area contributed by atoms with Gasteiger partial charge in [0.25, 0.3) is 5.91 Å². The summed E-state index contributed by atoms with van der Waals surface area (Å²) in [5.74, 6) is 1.63. The van der Waals surface area contributed by atoms with E-state index in [-0.39, 0.29) is 11.9 Å². The van der Waals surface area contributed by atoms with Gasteiger partial charge in [0.15, 0.2) is 0 Å². The van der Waals surface area contributed by atoms with Crippen LogP contribution in [0.2, 0.25) is 0 Å². The van der Waals surface area contributed by atoms with E-state index in [1.54, 1.807) is 16.2 Å². The van der Waals surface area contributed by atoms with Crippen molar-refractivity contribution in [3.05, 3.63) is 33.2 Å². The number of amides is 1. The minimum absolute atomic E-state index is 0.0372. The van der Waals surface area contributed by atoms with E-state index in [2.05, 4.69) is 17.1 Å². The molecule has 1 unspecified atom stereocenters. The van der Waals surface area contributed by atoms with Crippen LogP contribution in [0.3, 0.4) is 0 Å². The Balaban J connectivity index is 1.59. The maximum atomic E-state index is 13.1. The van der Waals surface area contributed by atoms with Gasteiger partial charge in [0.1, 0.15) is 6.04 Å². The number of rotatable bonds is 3. The zero-order chi connectivity index (χ0) is 17.6. The van der Waals surface area contributed by atoms with E-state index < -0.39 is 6.10 Å². The highest BCUT2D eigenvalue weighted by molar-refractivity contribution is 7.14. The van der Waals surface area contributed by atoms with Gasteiger partial charge in [-0.15, -0.1) is 21.5 Å². The van der Waals surface area contributed by atoms with Crippen molar-refractivity contribution in [3.8, 4) is 0 Å². The number of hydrogen-bond acceptors (Lipinski definition) is 6. The summed E-state index contributed by atoms with van der Waals surface area (Å²) in [7, 11) is 0. The van der Waals surface area contributed by atoms with Crippen LogP contribution in [0.15, 0.2) is 10.5 Å². The molecule has 0 radical (unpaired) electrons. The molecule has 6 nitrogen and oxygen atoms in total. The van der Waals surface area contributed by atoms with Crippen molar-refractivity contribution in [2.45, 2.75) is 58.1 Å². The zero-order valence-electron chi connectivity index (χ0n) is 14.6. The first-order valence-corrected chi connectivity index (χ1v) is 9.79. The van der Waals surface area contributed by atoms with E-state index in [0.29, 0.717) is 37.1 Å². The average molecular weight is 361 g/mol. The number of fused-ring (bicyclic) bond motifs is 1. The van der Waals surface area contributed by atoms with E-state index in [0.717, 1.165) is 17.7 Å². The Morgan fingerprint density at radius 1 is 1.48 bits per heavy atom. The van der Waals surface area contributed by atoms with Gasteiger partial charge in [-0.25, -0.2) is 0 Å². The molecule has 1 aliphatic carbocycles. The first-order chi connectivity index (χ1) is 12.0. The zero-order valence-corrected chi connectivity index (χ0v) is 15.4. The molecule has 1 fully saturated rings. The second-order valence-corrected chi connectivity index (χ2v) is 8.29. The number of hydrogen-bond donors (Lipinski definition) is 1. The summed E-state index contributed by atoms with van der Waals surface area (Å²) in [6.07, 6.45) is 3.85.